The number of esters is 1. The second-order valence-corrected chi connectivity index (χ2v) is 10.6. The first-order valence-electron chi connectivity index (χ1n) is 9.78. The summed E-state index contributed by atoms with van der Waals surface area (Å²) in [7, 11) is -3.16. The van der Waals surface area contributed by atoms with Crippen molar-refractivity contribution in [1.29, 1.82) is 0 Å². The Labute approximate surface area is 199 Å². The first-order chi connectivity index (χ1) is 15.5. The van der Waals surface area contributed by atoms with Crippen molar-refractivity contribution in [2.75, 3.05) is 25.1 Å². The number of thiophene rings is 1. The van der Waals surface area contributed by atoms with E-state index in [2.05, 4.69) is 14.8 Å². The maximum atomic E-state index is 13.1. The Kier molecular flexibility index (Phi) is 7.75. The number of rotatable bonds is 8. The summed E-state index contributed by atoms with van der Waals surface area (Å²) in [6, 6.07) is 6.02. The van der Waals surface area contributed by atoms with Gasteiger partial charge in [0.05, 0.1) is 21.2 Å². The van der Waals surface area contributed by atoms with Crippen molar-refractivity contribution < 1.29 is 32.6 Å². The molecule has 33 heavy (non-hydrogen) atoms. The van der Waals surface area contributed by atoms with Crippen LogP contribution < -0.4 is 14.9 Å². The van der Waals surface area contributed by atoms with Gasteiger partial charge in [-0.25, -0.2) is 8.42 Å². The van der Waals surface area contributed by atoms with E-state index in [1.807, 2.05) is 0 Å². The van der Waals surface area contributed by atoms with E-state index in [-0.39, 0.29) is 30.0 Å². The standard InChI is InChI=1S/C20H22ClN3O7S2/c1-11-13(24-9-8-14(25)19(24)27)4-3-5-16(11)33(29,30)23-12(20(28)31-2)10-22-18(26)15-6-7-17(21)32-15/h3-7,12,14,23,25H,8-10H2,1-2H3,(H,22,26)/t12-,14+/m0/s1. The highest BCUT2D eigenvalue weighted by molar-refractivity contribution is 7.89. The van der Waals surface area contributed by atoms with Crippen LogP contribution in [0.15, 0.2) is 35.2 Å². The summed E-state index contributed by atoms with van der Waals surface area (Å²) in [6.07, 6.45) is -0.888. The fraction of sp³-hybridized carbons (Fsp3) is 0.350. The molecule has 0 spiro atoms. The maximum absolute atomic E-state index is 13.1. The summed E-state index contributed by atoms with van der Waals surface area (Å²) >= 11 is 6.86. The Hall–Kier alpha value is -2.51. The molecular formula is C20H22ClN3O7S2. The molecule has 1 aliphatic heterocycles. The van der Waals surface area contributed by atoms with Gasteiger partial charge in [0.1, 0.15) is 12.1 Å². The number of carbonyl (C=O) groups excluding carboxylic acids is 3. The number of nitrogens with one attached hydrogen (secondary N) is 2. The van der Waals surface area contributed by atoms with Crippen LogP contribution in [0.25, 0.3) is 0 Å². The lowest BCUT2D eigenvalue weighted by Crippen LogP contribution is -2.48. The number of ether oxygens (including phenoxy) is 1. The van der Waals surface area contributed by atoms with Gasteiger partial charge in [-0.1, -0.05) is 17.7 Å². The molecule has 2 aromatic rings. The minimum absolute atomic E-state index is 0.153. The Morgan fingerprint density at radius 3 is 2.64 bits per heavy atom. The molecule has 0 saturated carbocycles. The highest BCUT2D eigenvalue weighted by atomic mass is 35.5. The quantitative estimate of drug-likeness (QED) is 0.446. The number of carbonyl (C=O) groups is 3. The Bertz CT molecular complexity index is 1180. The normalized spacial score (nSPS) is 17.2. The third-order valence-electron chi connectivity index (χ3n) is 5.06. The van der Waals surface area contributed by atoms with E-state index in [0.717, 1.165) is 18.4 Å². The van der Waals surface area contributed by atoms with Crippen LogP contribution in [0.4, 0.5) is 5.69 Å². The van der Waals surface area contributed by atoms with Crippen molar-refractivity contribution in [1.82, 2.24) is 10.0 Å². The summed E-state index contributed by atoms with van der Waals surface area (Å²) in [5.74, 6) is -1.93. The molecule has 1 aliphatic rings. The van der Waals surface area contributed by atoms with E-state index in [1.165, 1.54) is 30.0 Å². The summed E-state index contributed by atoms with van der Waals surface area (Å²) < 4.78 is 33.6. The average Bonchev–Trinajstić information content (AvgIpc) is 3.36. The van der Waals surface area contributed by atoms with Crippen LogP contribution in [0, 0.1) is 6.92 Å². The van der Waals surface area contributed by atoms with E-state index >= 15 is 0 Å². The molecule has 2 atom stereocenters. The summed E-state index contributed by atoms with van der Waals surface area (Å²) in [5, 5.41) is 12.2. The Morgan fingerprint density at radius 1 is 1.33 bits per heavy atom. The highest BCUT2D eigenvalue weighted by Crippen LogP contribution is 2.29. The van der Waals surface area contributed by atoms with Gasteiger partial charge in [-0.3, -0.25) is 14.4 Å². The molecular weight excluding hydrogens is 494 g/mol. The summed E-state index contributed by atoms with van der Waals surface area (Å²) in [6.45, 7) is 1.41. The number of benzene rings is 1. The van der Waals surface area contributed by atoms with Gasteiger partial charge < -0.3 is 20.1 Å². The van der Waals surface area contributed by atoms with Crippen molar-refractivity contribution in [3.63, 3.8) is 0 Å². The molecule has 0 aliphatic carbocycles. The number of hydrogen-bond donors (Lipinski definition) is 3. The van der Waals surface area contributed by atoms with Crippen molar-refractivity contribution in [3.8, 4) is 0 Å². The van der Waals surface area contributed by atoms with Crippen LogP contribution in [-0.2, 0) is 24.3 Å². The number of amides is 2. The lowest BCUT2D eigenvalue weighted by molar-refractivity contribution is -0.142. The second kappa shape index (κ2) is 10.2. The average molecular weight is 516 g/mol. The number of hydrogen-bond acceptors (Lipinski definition) is 8. The molecule has 2 amide bonds. The van der Waals surface area contributed by atoms with Gasteiger partial charge in [-0.2, -0.15) is 4.72 Å². The van der Waals surface area contributed by atoms with Gasteiger partial charge in [0.15, 0.2) is 0 Å². The topological polar surface area (TPSA) is 142 Å². The van der Waals surface area contributed by atoms with Crippen LogP contribution in [0.5, 0.6) is 0 Å². The number of halogens is 1. The van der Waals surface area contributed by atoms with Crippen molar-refractivity contribution in [2.45, 2.75) is 30.4 Å². The molecule has 13 heteroatoms. The number of anilines is 1. The number of sulfonamides is 1. The lowest BCUT2D eigenvalue weighted by atomic mass is 10.2. The van der Waals surface area contributed by atoms with Crippen LogP contribution in [0.2, 0.25) is 4.34 Å². The molecule has 3 N–H and O–H groups in total. The van der Waals surface area contributed by atoms with Crippen LogP contribution >= 0.6 is 22.9 Å². The first-order valence-corrected chi connectivity index (χ1v) is 12.5. The van der Waals surface area contributed by atoms with Crippen molar-refractivity contribution in [2.24, 2.45) is 0 Å². The lowest BCUT2D eigenvalue weighted by Gasteiger charge is -2.22. The van der Waals surface area contributed by atoms with Gasteiger partial charge in [0, 0.05) is 25.2 Å². The van der Waals surface area contributed by atoms with Gasteiger partial charge >= 0.3 is 5.97 Å². The zero-order chi connectivity index (χ0) is 24.3. The van der Waals surface area contributed by atoms with Crippen LogP contribution in [0.1, 0.15) is 21.7 Å². The molecule has 10 nitrogen and oxygen atoms in total. The highest BCUT2D eigenvalue weighted by Gasteiger charge is 2.34. The Balaban J connectivity index is 1.81. The van der Waals surface area contributed by atoms with Gasteiger partial charge in [0.2, 0.25) is 10.0 Å². The monoisotopic (exact) mass is 515 g/mol. The first kappa shape index (κ1) is 25.1. The molecule has 1 fully saturated rings. The second-order valence-electron chi connectivity index (χ2n) is 7.21. The molecule has 0 radical (unpaired) electrons. The number of aliphatic hydroxyl groups is 1. The van der Waals surface area contributed by atoms with Gasteiger partial charge in [0.25, 0.3) is 11.8 Å². The van der Waals surface area contributed by atoms with E-state index in [4.69, 9.17) is 11.6 Å². The molecule has 1 aromatic heterocycles. The zero-order valence-electron chi connectivity index (χ0n) is 17.7. The van der Waals surface area contributed by atoms with E-state index in [0.29, 0.717) is 14.9 Å². The number of nitrogens with zero attached hydrogens (tertiary/aromatic N) is 1. The smallest absolute Gasteiger partial charge is 0.325 e. The molecule has 0 unspecified atom stereocenters. The molecule has 1 saturated heterocycles. The minimum atomic E-state index is -4.26. The molecule has 178 valence electrons. The van der Waals surface area contributed by atoms with Crippen molar-refractivity contribution in [3.05, 3.63) is 45.1 Å². The summed E-state index contributed by atoms with van der Waals surface area (Å²) in [5.41, 5.74) is 0.616. The molecule has 3 rings (SSSR count). The summed E-state index contributed by atoms with van der Waals surface area (Å²) in [4.78, 5) is 38.1. The van der Waals surface area contributed by atoms with Gasteiger partial charge in [-0.15, -0.1) is 11.3 Å². The molecule has 0 bridgehead atoms. The van der Waals surface area contributed by atoms with Gasteiger partial charge in [-0.05, 0) is 36.8 Å². The number of methoxy groups -OCH3 is 1. The number of aliphatic hydroxyl groups excluding tert-OH is 1. The van der Waals surface area contributed by atoms with E-state index in [9.17, 15) is 27.9 Å². The maximum Gasteiger partial charge on any atom is 0.325 e. The van der Waals surface area contributed by atoms with E-state index < -0.39 is 40.0 Å². The largest absolute Gasteiger partial charge is 0.468 e. The van der Waals surface area contributed by atoms with E-state index in [1.54, 1.807) is 12.1 Å². The molecule has 2 heterocycles. The zero-order valence-corrected chi connectivity index (χ0v) is 20.1. The predicted octanol–water partition coefficient (Wildman–Crippen LogP) is 1.06. The molecule has 1 aromatic carbocycles. The minimum Gasteiger partial charge on any atom is -0.468 e. The predicted molar refractivity (Wildman–Crippen MR) is 122 cm³/mol. The third-order valence-corrected chi connectivity index (χ3v) is 7.91. The van der Waals surface area contributed by atoms with Crippen molar-refractivity contribution >= 4 is 56.4 Å². The fourth-order valence-electron chi connectivity index (χ4n) is 3.37. The Morgan fingerprint density at radius 2 is 2.06 bits per heavy atom. The fourth-order valence-corrected chi connectivity index (χ4v) is 5.78. The third kappa shape index (κ3) is 5.53. The van der Waals surface area contributed by atoms with Crippen LogP contribution in [0.3, 0.4) is 0 Å². The van der Waals surface area contributed by atoms with Crippen LogP contribution in [-0.4, -0.2) is 63.7 Å². The SMILES string of the molecule is COC(=O)[C@H](CNC(=O)c1ccc(Cl)s1)NS(=O)(=O)c1cccc(N2CC[C@@H](O)C2=O)c1C.